The van der Waals surface area contributed by atoms with Gasteiger partial charge in [-0.15, -0.1) is 0 Å². The fourth-order valence-electron chi connectivity index (χ4n) is 2.55. The number of alkyl halides is 1. The van der Waals surface area contributed by atoms with Crippen LogP contribution in [0.1, 0.15) is 12.5 Å². The third-order valence-electron chi connectivity index (χ3n) is 3.75. The van der Waals surface area contributed by atoms with Crippen molar-refractivity contribution in [2.75, 3.05) is 32.0 Å². The lowest BCUT2D eigenvalue weighted by atomic mass is 10.0. The molecule has 0 aliphatic carbocycles. The van der Waals surface area contributed by atoms with Gasteiger partial charge >= 0.3 is 0 Å². The van der Waals surface area contributed by atoms with E-state index in [0.717, 1.165) is 6.54 Å². The molecule has 5 nitrogen and oxygen atoms in total. The minimum Gasteiger partial charge on any atom is -0.395 e. The number of piperidine rings is 1. The summed E-state index contributed by atoms with van der Waals surface area (Å²) in [6.45, 7) is 2.68. The van der Waals surface area contributed by atoms with Gasteiger partial charge in [0.05, 0.1) is 37.2 Å². The van der Waals surface area contributed by atoms with Crippen molar-refractivity contribution in [1.82, 2.24) is 14.7 Å². The molecule has 2 aliphatic rings. The van der Waals surface area contributed by atoms with Crippen molar-refractivity contribution in [1.29, 1.82) is 0 Å². The second-order valence-corrected chi connectivity index (χ2v) is 5.25. The van der Waals surface area contributed by atoms with Gasteiger partial charge < -0.3 is 10.5 Å². The first-order valence-corrected chi connectivity index (χ1v) is 6.49. The molecule has 2 atom stereocenters. The number of likely N-dealkylation sites (tertiary alicyclic amines) is 1. The van der Waals surface area contributed by atoms with Crippen molar-refractivity contribution in [3.05, 3.63) is 11.3 Å². The molecule has 2 saturated heterocycles. The highest BCUT2D eigenvalue weighted by molar-refractivity contribution is 7.59. The van der Waals surface area contributed by atoms with Gasteiger partial charge in [-0.05, 0) is 6.42 Å². The highest BCUT2D eigenvalue weighted by Gasteiger charge is 2.37. The zero-order valence-corrected chi connectivity index (χ0v) is 13.7. The van der Waals surface area contributed by atoms with E-state index in [1.807, 2.05) is 0 Å². The molecular weight excluding hydrogens is 323 g/mol. The van der Waals surface area contributed by atoms with Crippen LogP contribution in [0.3, 0.4) is 0 Å². The molecular formula is C11H20ClFN4OS2. The van der Waals surface area contributed by atoms with Crippen molar-refractivity contribution >= 4 is 44.3 Å². The third-order valence-corrected chi connectivity index (χ3v) is 4.14. The molecule has 0 aromatic carbocycles. The van der Waals surface area contributed by atoms with Gasteiger partial charge in [0.25, 0.3) is 0 Å². The van der Waals surface area contributed by atoms with Crippen LogP contribution in [0.25, 0.3) is 0 Å². The van der Waals surface area contributed by atoms with Crippen molar-refractivity contribution in [2.24, 2.45) is 0 Å². The number of nitrogen functional groups attached to an aromatic ring is 1. The van der Waals surface area contributed by atoms with Crippen LogP contribution in [0.5, 0.6) is 0 Å². The monoisotopic (exact) mass is 342 g/mol. The van der Waals surface area contributed by atoms with Crippen molar-refractivity contribution in [2.45, 2.75) is 24.7 Å². The van der Waals surface area contributed by atoms with Gasteiger partial charge in [-0.2, -0.15) is 32.1 Å². The Balaban J connectivity index is 0.000001000. The molecule has 0 unspecified atom stereocenters. The molecule has 2 N–H and O–H groups in total. The van der Waals surface area contributed by atoms with E-state index in [0.29, 0.717) is 43.1 Å². The van der Waals surface area contributed by atoms with Gasteiger partial charge in [-0.3, -0.25) is 4.90 Å². The van der Waals surface area contributed by atoms with Crippen LogP contribution in [0, 0.1) is 0 Å². The van der Waals surface area contributed by atoms with Gasteiger partial charge in [-0.1, -0.05) is 11.6 Å². The van der Waals surface area contributed by atoms with Crippen molar-refractivity contribution in [3.63, 3.8) is 0 Å². The predicted molar refractivity (Wildman–Crippen MR) is 87.1 cm³/mol. The van der Waals surface area contributed by atoms with E-state index < -0.39 is 6.17 Å². The highest BCUT2D eigenvalue weighted by atomic mass is 35.5. The molecule has 116 valence electrons. The van der Waals surface area contributed by atoms with E-state index in [2.05, 4.69) is 10.00 Å². The largest absolute Gasteiger partial charge is 0.395 e. The Kier molecular flexibility index (Phi) is 6.46. The summed E-state index contributed by atoms with van der Waals surface area (Å²) in [6, 6.07) is 0.0643. The summed E-state index contributed by atoms with van der Waals surface area (Å²) in [4.78, 5) is 2.14. The van der Waals surface area contributed by atoms with Gasteiger partial charge in [0.2, 0.25) is 0 Å². The van der Waals surface area contributed by atoms with Crippen LogP contribution in [0.15, 0.2) is 6.20 Å². The number of ether oxygens (including phenoxy) is 1. The number of hydrogen-bond donors (Lipinski definition) is 1. The molecule has 0 radical (unpaired) electrons. The molecule has 0 bridgehead atoms. The normalized spacial score (nSPS) is 27.3. The summed E-state index contributed by atoms with van der Waals surface area (Å²) in [5.74, 6) is 0. The smallest absolute Gasteiger partial charge is 0.150 e. The predicted octanol–water partition coefficient (Wildman–Crippen LogP) is 1.33. The van der Waals surface area contributed by atoms with Crippen LogP contribution in [0.4, 0.5) is 10.1 Å². The molecule has 0 saturated carbocycles. The van der Waals surface area contributed by atoms with E-state index in [-0.39, 0.29) is 33.0 Å². The van der Waals surface area contributed by atoms with E-state index in [1.54, 1.807) is 0 Å². The van der Waals surface area contributed by atoms with Gasteiger partial charge in [0, 0.05) is 13.1 Å². The lowest BCUT2D eigenvalue weighted by Gasteiger charge is -2.42. The zero-order valence-electron chi connectivity index (χ0n) is 10.9. The molecule has 1 aromatic rings. The molecule has 20 heavy (non-hydrogen) atoms. The molecule has 3 heterocycles. The second kappa shape index (κ2) is 7.22. The second-order valence-electron chi connectivity index (χ2n) is 4.89. The first-order chi connectivity index (χ1) is 8.66. The summed E-state index contributed by atoms with van der Waals surface area (Å²) in [6.07, 6.45) is 1.19. The van der Waals surface area contributed by atoms with E-state index >= 15 is 0 Å². The van der Waals surface area contributed by atoms with Crippen LogP contribution < -0.4 is 5.73 Å². The topological polar surface area (TPSA) is 56.3 Å². The van der Waals surface area contributed by atoms with Crippen LogP contribution in [-0.2, 0) is 4.74 Å². The Hall–Kier alpha value is -0.150. The average Bonchev–Trinajstić information content (AvgIpc) is 2.58. The number of anilines is 1. The fraction of sp³-hybridized carbons (Fsp3) is 0.727. The summed E-state index contributed by atoms with van der Waals surface area (Å²) in [5, 5.41) is 4.41. The fourth-order valence-corrected chi connectivity index (χ4v) is 2.77. The maximum absolute atomic E-state index is 14.3. The quantitative estimate of drug-likeness (QED) is 0.881. The maximum Gasteiger partial charge on any atom is 0.150 e. The average molecular weight is 343 g/mol. The Morgan fingerprint density at radius 1 is 1.40 bits per heavy atom. The SMILES string of the molecule is Nc1cnn([C@H]2CCN(C3COC3)C[C@@H]2F)c1Cl.S.S. The van der Waals surface area contributed by atoms with Crippen LogP contribution >= 0.6 is 38.6 Å². The zero-order chi connectivity index (χ0) is 12.7. The van der Waals surface area contributed by atoms with Crippen LogP contribution in [-0.4, -0.2) is 53.2 Å². The summed E-state index contributed by atoms with van der Waals surface area (Å²) < 4.78 is 20.9. The van der Waals surface area contributed by atoms with E-state index in [4.69, 9.17) is 22.1 Å². The summed E-state index contributed by atoms with van der Waals surface area (Å²) in [5.41, 5.74) is 6.04. The lowest BCUT2D eigenvalue weighted by Crippen LogP contribution is -2.55. The number of halogens is 2. The molecule has 1 aromatic heterocycles. The highest BCUT2D eigenvalue weighted by Crippen LogP contribution is 2.31. The van der Waals surface area contributed by atoms with Gasteiger partial charge in [0.1, 0.15) is 11.3 Å². The first kappa shape index (κ1) is 17.9. The minimum atomic E-state index is -0.976. The molecule has 0 spiro atoms. The number of aromatic nitrogens is 2. The summed E-state index contributed by atoms with van der Waals surface area (Å²) >= 11 is 6.02. The standard InChI is InChI=1S/C11H16ClFN4O.2H2S/c12-11-9(14)3-15-17(11)10-1-2-16(4-8(10)13)7-5-18-6-7;;/h3,7-8,10H,1-2,4-6,14H2;2*1H2/t8-,10-;;/m0../s1. The number of rotatable bonds is 2. The Bertz CT molecular complexity index is 446. The molecule has 9 heteroatoms. The van der Waals surface area contributed by atoms with Crippen molar-refractivity contribution < 1.29 is 9.13 Å². The van der Waals surface area contributed by atoms with Crippen molar-refractivity contribution in [3.8, 4) is 0 Å². The number of hydrogen-bond acceptors (Lipinski definition) is 4. The van der Waals surface area contributed by atoms with E-state index in [1.165, 1.54) is 10.9 Å². The van der Waals surface area contributed by atoms with Gasteiger partial charge in [-0.25, -0.2) is 9.07 Å². The Labute approximate surface area is 136 Å². The number of nitrogens with two attached hydrogens (primary N) is 1. The minimum absolute atomic E-state index is 0. The lowest BCUT2D eigenvalue weighted by molar-refractivity contribution is -0.0847. The maximum atomic E-state index is 14.3. The number of nitrogens with zero attached hydrogens (tertiary/aromatic N) is 3. The first-order valence-electron chi connectivity index (χ1n) is 6.11. The Morgan fingerprint density at radius 2 is 2.10 bits per heavy atom. The van der Waals surface area contributed by atoms with Gasteiger partial charge in [0.15, 0.2) is 0 Å². The van der Waals surface area contributed by atoms with E-state index in [9.17, 15) is 4.39 Å². The molecule has 0 amide bonds. The molecule has 2 fully saturated rings. The summed E-state index contributed by atoms with van der Waals surface area (Å²) in [7, 11) is 0. The molecule has 3 rings (SSSR count). The Morgan fingerprint density at radius 3 is 2.55 bits per heavy atom. The molecule has 2 aliphatic heterocycles. The third kappa shape index (κ3) is 3.19. The van der Waals surface area contributed by atoms with Crippen LogP contribution in [0.2, 0.25) is 5.15 Å².